The third kappa shape index (κ3) is 16.1. The van der Waals surface area contributed by atoms with Crippen LogP contribution < -0.4 is 0 Å². The maximum Gasteiger partial charge on any atom is 0.103 e. The number of hydrogen-bond acceptors (Lipinski definition) is 3. The lowest BCUT2D eigenvalue weighted by atomic mass is 10.1. The van der Waals surface area contributed by atoms with Gasteiger partial charge in [-0.2, -0.15) is 0 Å². The highest BCUT2D eigenvalue weighted by Crippen LogP contribution is 2.11. The second-order valence-electron chi connectivity index (χ2n) is 6.00. The van der Waals surface area contributed by atoms with Crippen LogP contribution in [0.2, 0.25) is 0 Å². The van der Waals surface area contributed by atoms with Crippen molar-refractivity contribution in [2.24, 2.45) is 0 Å². The van der Waals surface area contributed by atoms with E-state index in [1.54, 1.807) is 7.11 Å². The van der Waals surface area contributed by atoms with E-state index >= 15 is 0 Å². The highest BCUT2D eigenvalue weighted by molar-refractivity contribution is 4.52. The van der Waals surface area contributed by atoms with Gasteiger partial charge >= 0.3 is 0 Å². The SMILES string of the molecule is CCCCCCCCCCCCCCOCC(CO)OC. The summed E-state index contributed by atoms with van der Waals surface area (Å²) in [6.07, 6.45) is 16.2. The zero-order chi connectivity index (χ0) is 15.6. The molecule has 0 aromatic rings. The lowest BCUT2D eigenvalue weighted by Crippen LogP contribution is -2.22. The molecule has 3 nitrogen and oxygen atoms in total. The van der Waals surface area contributed by atoms with Gasteiger partial charge in [-0.25, -0.2) is 0 Å². The molecule has 0 spiro atoms. The van der Waals surface area contributed by atoms with Crippen molar-refractivity contribution in [2.45, 2.75) is 90.1 Å². The van der Waals surface area contributed by atoms with Crippen LogP contribution in [0.4, 0.5) is 0 Å². The Bertz CT molecular complexity index is 181. The molecule has 1 N–H and O–H groups in total. The number of aliphatic hydroxyl groups is 1. The second kappa shape index (κ2) is 17.9. The van der Waals surface area contributed by atoms with Gasteiger partial charge in [0.2, 0.25) is 0 Å². The van der Waals surface area contributed by atoms with E-state index in [9.17, 15) is 0 Å². The van der Waals surface area contributed by atoms with Crippen LogP contribution in [0.15, 0.2) is 0 Å². The second-order valence-corrected chi connectivity index (χ2v) is 6.00. The van der Waals surface area contributed by atoms with Crippen LogP contribution in [0.5, 0.6) is 0 Å². The molecule has 0 saturated carbocycles. The Balaban J connectivity index is 3.02. The Morgan fingerprint density at radius 1 is 0.762 bits per heavy atom. The summed E-state index contributed by atoms with van der Waals surface area (Å²) in [5.74, 6) is 0. The molecule has 3 heteroatoms. The number of rotatable bonds is 17. The summed E-state index contributed by atoms with van der Waals surface area (Å²) in [5.41, 5.74) is 0. The van der Waals surface area contributed by atoms with Crippen molar-refractivity contribution < 1.29 is 14.6 Å². The Kier molecular flexibility index (Phi) is 17.8. The lowest BCUT2D eigenvalue weighted by molar-refractivity contribution is -0.0205. The van der Waals surface area contributed by atoms with Crippen molar-refractivity contribution in [3.05, 3.63) is 0 Å². The van der Waals surface area contributed by atoms with E-state index < -0.39 is 0 Å². The average molecular weight is 302 g/mol. The monoisotopic (exact) mass is 302 g/mol. The predicted molar refractivity (Wildman–Crippen MR) is 89.8 cm³/mol. The van der Waals surface area contributed by atoms with E-state index in [0.717, 1.165) is 13.0 Å². The van der Waals surface area contributed by atoms with E-state index in [2.05, 4.69) is 6.92 Å². The van der Waals surface area contributed by atoms with E-state index in [1.807, 2.05) is 0 Å². The fourth-order valence-corrected chi connectivity index (χ4v) is 2.46. The van der Waals surface area contributed by atoms with Crippen molar-refractivity contribution in [1.29, 1.82) is 0 Å². The number of hydrogen-bond donors (Lipinski definition) is 1. The molecule has 0 heterocycles. The first kappa shape index (κ1) is 20.9. The summed E-state index contributed by atoms with van der Waals surface area (Å²) in [4.78, 5) is 0. The zero-order valence-corrected chi connectivity index (χ0v) is 14.4. The molecule has 0 aliphatic carbocycles. The Morgan fingerprint density at radius 2 is 1.24 bits per heavy atom. The molecule has 0 bridgehead atoms. The van der Waals surface area contributed by atoms with Crippen LogP contribution in [0, 0.1) is 0 Å². The Morgan fingerprint density at radius 3 is 1.67 bits per heavy atom. The molecule has 1 unspecified atom stereocenters. The summed E-state index contributed by atoms with van der Waals surface area (Å²) in [7, 11) is 1.61. The van der Waals surface area contributed by atoms with Crippen LogP contribution in [-0.4, -0.2) is 38.1 Å². The first-order chi connectivity index (χ1) is 10.3. The number of ether oxygens (including phenoxy) is 2. The van der Waals surface area contributed by atoms with Gasteiger partial charge in [0, 0.05) is 13.7 Å². The minimum Gasteiger partial charge on any atom is -0.394 e. The molecular formula is C18H38O3. The molecule has 0 saturated heterocycles. The minimum atomic E-state index is -0.165. The summed E-state index contributed by atoms with van der Waals surface area (Å²) >= 11 is 0. The van der Waals surface area contributed by atoms with Crippen molar-refractivity contribution in [2.75, 3.05) is 26.9 Å². The van der Waals surface area contributed by atoms with Crippen LogP contribution in [0.25, 0.3) is 0 Å². The molecular weight excluding hydrogens is 264 g/mol. The number of unbranched alkanes of at least 4 members (excludes halogenated alkanes) is 11. The third-order valence-electron chi connectivity index (χ3n) is 3.98. The van der Waals surface area contributed by atoms with Gasteiger partial charge in [-0.15, -0.1) is 0 Å². The predicted octanol–water partition coefficient (Wildman–Crippen LogP) is 4.71. The first-order valence-electron chi connectivity index (χ1n) is 9.06. The van der Waals surface area contributed by atoms with Crippen LogP contribution in [-0.2, 0) is 9.47 Å². The van der Waals surface area contributed by atoms with Gasteiger partial charge in [-0.1, -0.05) is 77.6 Å². The minimum absolute atomic E-state index is 0.0367. The highest BCUT2D eigenvalue weighted by atomic mass is 16.5. The fourth-order valence-electron chi connectivity index (χ4n) is 2.46. The normalized spacial score (nSPS) is 12.7. The van der Waals surface area contributed by atoms with Gasteiger partial charge < -0.3 is 14.6 Å². The molecule has 0 aromatic carbocycles. The molecule has 0 aliphatic rings. The van der Waals surface area contributed by atoms with E-state index in [-0.39, 0.29) is 12.7 Å². The van der Waals surface area contributed by atoms with Gasteiger partial charge in [0.05, 0.1) is 13.2 Å². The molecule has 21 heavy (non-hydrogen) atoms. The zero-order valence-electron chi connectivity index (χ0n) is 14.4. The molecule has 0 rings (SSSR count). The van der Waals surface area contributed by atoms with Crippen molar-refractivity contribution in [3.63, 3.8) is 0 Å². The molecule has 0 radical (unpaired) electrons. The Hall–Kier alpha value is -0.120. The van der Waals surface area contributed by atoms with E-state index in [0.29, 0.717) is 6.61 Å². The van der Waals surface area contributed by atoms with E-state index in [1.165, 1.54) is 70.6 Å². The quantitative estimate of drug-likeness (QED) is 0.395. The summed E-state index contributed by atoms with van der Waals surface area (Å²) in [6.45, 7) is 3.60. The van der Waals surface area contributed by atoms with Gasteiger partial charge in [0.15, 0.2) is 0 Å². The van der Waals surface area contributed by atoms with Crippen molar-refractivity contribution in [1.82, 2.24) is 0 Å². The summed E-state index contributed by atoms with van der Waals surface area (Å²) < 4.78 is 10.5. The first-order valence-corrected chi connectivity index (χ1v) is 9.06. The molecule has 0 fully saturated rings. The molecule has 0 amide bonds. The summed E-state index contributed by atoms with van der Waals surface area (Å²) in [6, 6.07) is 0. The topological polar surface area (TPSA) is 38.7 Å². The standard InChI is InChI=1S/C18H38O3/c1-3-4-5-6-7-8-9-10-11-12-13-14-15-21-17-18(16-19)20-2/h18-19H,3-17H2,1-2H3. The average Bonchev–Trinajstić information content (AvgIpc) is 2.51. The summed E-state index contributed by atoms with van der Waals surface area (Å²) in [5, 5.41) is 8.92. The van der Waals surface area contributed by atoms with Crippen molar-refractivity contribution in [3.8, 4) is 0 Å². The van der Waals surface area contributed by atoms with Gasteiger partial charge in [-0.05, 0) is 6.42 Å². The van der Waals surface area contributed by atoms with Gasteiger partial charge in [0.1, 0.15) is 6.10 Å². The Labute approximate surface area is 132 Å². The van der Waals surface area contributed by atoms with Gasteiger partial charge in [0.25, 0.3) is 0 Å². The third-order valence-corrected chi connectivity index (χ3v) is 3.98. The highest BCUT2D eigenvalue weighted by Gasteiger charge is 2.04. The van der Waals surface area contributed by atoms with E-state index in [4.69, 9.17) is 14.6 Å². The van der Waals surface area contributed by atoms with Crippen molar-refractivity contribution >= 4 is 0 Å². The molecule has 1 atom stereocenters. The largest absolute Gasteiger partial charge is 0.394 e. The smallest absolute Gasteiger partial charge is 0.103 e. The lowest BCUT2D eigenvalue weighted by Gasteiger charge is -2.12. The fraction of sp³-hybridized carbons (Fsp3) is 1.00. The molecule has 0 aromatic heterocycles. The van der Waals surface area contributed by atoms with Crippen LogP contribution in [0.3, 0.4) is 0 Å². The number of methoxy groups -OCH3 is 1. The van der Waals surface area contributed by atoms with Crippen LogP contribution in [0.1, 0.15) is 84.0 Å². The number of aliphatic hydroxyl groups excluding tert-OH is 1. The van der Waals surface area contributed by atoms with Gasteiger partial charge in [-0.3, -0.25) is 0 Å². The maximum absolute atomic E-state index is 8.92. The van der Waals surface area contributed by atoms with Crippen LogP contribution >= 0.6 is 0 Å². The maximum atomic E-state index is 8.92. The molecule has 128 valence electrons. The molecule has 0 aliphatic heterocycles.